The van der Waals surface area contributed by atoms with Crippen molar-refractivity contribution in [1.29, 1.82) is 0 Å². The molecule has 1 aromatic heterocycles. The van der Waals surface area contributed by atoms with Crippen molar-refractivity contribution < 1.29 is 14.6 Å². The lowest BCUT2D eigenvalue weighted by molar-refractivity contribution is -0.126. The predicted octanol–water partition coefficient (Wildman–Crippen LogP) is 3.06. The smallest absolute Gasteiger partial charge is 0.237 e. The lowest BCUT2D eigenvalue weighted by Gasteiger charge is -2.25. The number of nitrogens with one attached hydrogen (secondary N) is 1. The first-order chi connectivity index (χ1) is 13.5. The standard InChI is InChI=1S/C21H27N3O3S/c1-14(2)23-21(26)17-11-16(28-19-9-4-5-10-22-19)13-24(17)12-15-7-6-8-18(27-3)20(15)25/h4-10,14,16-17,25H,11-13H2,1-3H3,(H,23,26)/t16-,17+/m1/s1. The van der Waals surface area contributed by atoms with Crippen LogP contribution in [0.1, 0.15) is 25.8 Å². The Morgan fingerprint density at radius 2 is 2.18 bits per heavy atom. The number of benzene rings is 1. The highest BCUT2D eigenvalue weighted by atomic mass is 32.2. The second-order valence-electron chi connectivity index (χ2n) is 7.22. The van der Waals surface area contributed by atoms with Gasteiger partial charge in [-0.3, -0.25) is 9.69 Å². The van der Waals surface area contributed by atoms with E-state index in [4.69, 9.17) is 4.74 Å². The molecule has 1 saturated heterocycles. The van der Waals surface area contributed by atoms with Crippen molar-refractivity contribution in [2.45, 2.75) is 49.2 Å². The number of hydrogen-bond donors (Lipinski definition) is 2. The van der Waals surface area contributed by atoms with Crippen LogP contribution in [0.2, 0.25) is 0 Å². The second-order valence-corrected chi connectivity index (χ2v) is 8.54. The first-order valence-electron chi connectivity index (χ1n) is 9.45. The molecule has 1 aromatic carbocycles. The van der Waals surface area contributed by atoms with Crippen LogP contribution in [0.4, 0.5) is 0 Å². The van der Waals surface area contributed by atoms with Gasteiger partial charge in [-0.25, -0.2) is 4.98 Å². The molecule has 28 heavy (non-hydrogen) atoms. The van der Waals surface area contributed by atoms with Crippen LogP contribution in [0.3, 0.4) is 0 Å². The monoisotopic (exact) mass is 401 g/mol. The van der Waals surface area contributed by atoms with Crippen molar-refractivity contribution in [1.82, 2.24) is 15.2 Å². The molecular weight excluding hydrogens is 374 g/mol. The van der Waals surface area contributed by atoms with Gasteiger partial charge in [0, 0.05) is 36.1 Å². The molecule has 0 bridgehead atoms. The molecule has 1 aliphatic heterocycles. The summed E-state index contributed by atoms with van der Waals surface area (Å²) in [6, 6.07) is 11.2. The Morgan fingerprint density at radius 1 is 1.36 bits per heavy atom. The number of likely N-dealkylation sites (tertiary alicyclic amines) is 1. The van der Waals surface area contributed by atoms with E-state index in [-0.39, 0.29) is 29.0 Å². The minimum atomic E-state index is -0.241. The number of thioether (sulfide) groups is 1. The molecule has 3 rings (SSSR count). The quantitative estimate of drug-likeness (QED) is 0.743. The van der Waals surface area contributed by atoms with E-state index in [9.17, 15) is 9.90 Å². The number of ether oxygens (including phenoxy) is 1. The van der Waals surface area contributed by atoms with Crippen LogP contribution in [-0.4, -0.2) is 51.9 Å². The number of aromatic hydroxyl groups is 1. The Hall–Kier alpha value is -2.25. The van der Waals surface area contributed by atoms with Crippen LogP contribution >= 0.6 is 11.8 Å². The number of para-hydroxylation sites is 1. The number of aromatic nitrogens is 1. The maximum Gasteiger partial charge on any atom is 0.237 e. The number of carbonyl (C=O) groups excluding carboxylic acids is 1. The van der Waals surface area contributed by atoms with Crippen molar-refractivity contribution in [3.8, 4) is 11.5 Å². The zero-order valence-electron chi connectivity index (χ0n) is 16.5. The van der Waals surface area contributed by atoms with Crippen molar-refractivity contribution >= 4 is 17.7 Å². The molecule has 2 atom stereocenters. The summed E-state index contributed by atoms with van der Waals surface area (Å²) < 4.78 is 5.22. The molecule has 2 aromatic rings. The third kappa shape index (κ3) is 4.97. The summed E-state index contributed by atoms with van der Waals surface area (Å²) in [6.07, 6.45) is 2.52. The van der Waals surface area contributed by atoms with E-state index in [0.29, 0.717) is 12.3 Å². The van der Waals surface area contributed by atoms with E-state index in [1.54, 1.807) is 24.0 Å². The Balaban J connectivity index is 1.78. The molecule has 1 fully saturated rings. The lowest BCUT2D eigenvalue weighted by atomic mass is 10.1. The van der Waals surface area contributed by atoms with Crippen LogP contribution in [0.25, 0.3) is 0 Å². The molecule has 0 spiro atoms. The molecule has 0 unspecified atom stereocenters. The number of rotatable bonds is 7. The van der Waals surface area contributed by atoms with Gasteiger partial charge in [-0.15, -0.1) is 11.8 Å². The highest BCUT2D eigenvalue weighted by Gasteiger charge is 2.37. The number of methoxy groups -OCH3 is 1. The van der Waals surface area contributed by atoms with Gasteiger partial charge < -0.3 is 15.2 Å². The fourth-order valence-corrected chi connectivity index (χ4v) is 4.61. The fraction of sp³-hybridized carbons (Fsp3) is 0.429. The average Bonchev–Trinajstić information content (AvgIpc) is 3.06. The van der Waals surface area contributed by atoms with Crippen molar-refractivity contribution in [2.24, 2.45) is 0 Å². The molecule has 0 radical (unpaired) electrons. The lowest BCUT2D eigenvalue weighted by Crippen LogP contribution is -2.45. The molecule has 1 amide bonds. The maximum absolute atomic E-state index is 12.8. The van der Waals surface area contributed by atoms with Crippen LogP contribution in [0.5, 0.6) is 11.5 Å². The number of phenols is 1. The number of hydrogen-bond acceptors (Lipinski definition) is 6. The normalized spacial score (nSPS) is 19.7. The van der Waals surface area contributed by atoms with E-state index < -0.39 is 0 Å². The Labute approximate surface area is 170 Å². The van der Waals surface area contributed by atoms with Crippen LogP contribution < -0.4 is 10.1 Å². The van der Waals surface area contributed by atoms with E-state index in [0.717, 1.165) is 23.6 Å². The molecule has 2 N–H and O–H groups in total. The van der Waals surface area contributed by atoms with Gasteiger partial charge in [0.2, 0.25) is 5.91 Å². The summed E-state index contributed by atoms with van der Waals surface area (Å²) >= 11 is 1.70. The number of phenolic OH excluding ortho intramolecular Hbond substituents is 1. The molecule has 0 aliphatic carbocycles. The van der Waals surface area contributed by atoms with Gasteiger partial charge in [0.25, 0.3) is 0 Å². The van der Waals surface area contributed by atoms with E-state index in [1.807, 2.05) is 44.2 Å². The Kier molecular flexibility index (Phi) is 6.80. The van der Waals surface area contributed by atoms with E-state index in [2.05, 4.69) is 15.2 Å². The minimum Gasteiger partial charge on any atom is -0.504 e. The van der Waals surface area contributed by atoms with Gasteiger partial charge >= 0.3 is 0 Å². The fourth-order valence-electron chi connectivity index (χ4n) is 3.44. The molecule has 7 heteroatoms. The molecule has 150 valence electrons. The summed E-state index contributed by atoms with van der Waals surface area (Å²) in [5, 5.41) is 14.7. The van der Waals surface area contributed by atoms with Gasteiger partial charge in [0.15, 0.2) is 11.5 Å². The van der Waals surface area contributed by atoms with Gasteiger partial charge in [0.1, 0.15) is 0 Å². The van der Waals surface area contributed by atoms with E-state index in [1.165, 1.54) is 7.11 Å². The maximum atomic E-state index is 12.8. The minimum absolute atomic E-state index is 0.0292. The average molecular weight is 402 g/mol. The number of nitrogens with zero attached hydrogens (tertiary/aromatic N) is 2. The summed E-state index contributed by atoms with van der Waals surface area (Å²) in [4.78, 5) is 19.3. The number of carbonyl (C=O) groups is 1. The zero-order valence-corrected chi connectivity index (χ0v) is 17.3. The summed E-state index contributed by atoms with van der Waals surface area (Å²) in [6.45, 7) is 5.16. The SMILES string of the molecule is COc1cccc(CN2C[C@H](Sc3ccccn3)C[C@H]2C(=O)NC(C)C)c1O. The van der Waals surface area contributed by atoms with Crippen LogP contribution in [0, 0.1) is 0 Å². The first kappa shape index (κ1) is 20.5. The van der Waals surface area contributed by atoms with Crippen molar-refractivity contribution in [2.75, 3.05) is 13.7 Å². The van der Waals surface area contributed by atoms with Gasteiger partial charge in [-0.05, 0) is 38.5 Å². The third-order valence-corrected chi connectivity index (χ3v) is 5.86. The third-order valence-electron chi connectivity index (χ3n) is 4.70. The van der Waals surface area contributed by atoms with Crippen molar-refractivity contribution in [3.05, 3.63) is 48.2 Å². The van der Waals surface area contributed by atoms with Crippen LogP contribution in [0.15, 0.2) is 47.6 Å². The molecule has 1 aliphatic rings. The topological polar surface area (TPSA) is 74.7 Å². The van der Waals surface area contributed by atoms with Gasteiger partial charge in [-0.1, -0.05) is 18.2 Å². The molecule has 6 nitrogen and oxygen atoms in total. The molecule has 2 heterocycles. The van der Waals surface area contributed by atoms with E-state index >= 15 is 0 Å². The van der Waals surface area contributed by atoms with Gasteiger partial charge in [0.05, 0.1) is 18.2 Å². The summed E-state index contributed by atoms with van der Waals surface area (Å²) in [5.74, 6) is 0.606. The Bertz CT molecular complexity index is 801. The summed E-state index contributed by atoms with van der Waals surface area (Å²) in [7, 11) is 1.53. The zero-order chi connectivity index (χ0) is 20.1. The molecular formula is C21H27N3O3S. The second kappa shape index (κ2) is 9.30. The molecule has 0 saturated carbocycles. The predicted molar refractivity (Wildman–Crippen MR) is 111 cm³/mol. The first-order valence-corrected chi connectivity index (χ1v) is 10.3. The van der Waals surface area contributed by atoms with Gasteiger partial charge in [-0.2, -0.15) is 0 Å². The number of amides is 1. The highest BCUT2D eigenvalue weighted by Crippen LogP contribution is 2.35. The largest absolute Gasteiger partial charge is 0.504 e. The van der Waals surface area contributed by atoms with Crippen LogP contribution in [-0.2, 0) is 11.3 Å². The number of pyridine rings is 1. The highest BCUT2D eigenvalue weighted by molar-refractivity contribution is 7.99. The Morgan fingerprint density at radius 3 is 2.86 bits per heavy atom. The summed E-state index contributed by atoms with van der Waals surface area (Å²) in [5.41, 5.74) is 0.755. The van der Waals surface area contributed by atoms with Crippen molar-refractivity contribution in [3.63, 3.8) is 0 Å².